The van der Waals surface area contributed by atoms with E-state index in [2.05, 4.69) is 65.8 Å². The Kier molecular flexibility index (Phi) is 5.90. The molecule has 0 N–H and O–H groups in total. The molecule has 1 heteroatoms. The summed E-state index contributed by atoms with van der Waals surface area (Å²) in [5.74, 6) is 2.31. The second-order valence-electron chi connectivity index (χ2n) is 7.04. The third-order valence-corrected chi connectivity index (χ3v) is 3.87. The van der Waals surface area contributed by atoms with Gasteiger partial charge in [-0.15, -0.1) is 0 Å². The fourth-order valence-electron chi connectivity index (χ4n) is 2.03. The highest BCUT2D eigenvalue weighted by Gasteiger charge is 2.21. The van der Waals surface area contributed by atoms with Gasteiger partial charge in [0.15, 0.2) is 0 Å². The molecule has 0 bridgehead atoms. The summed E-state index contributed by atoms with van der Waals surface area (Å²) in [6, 6.07) is 8.61. The Bertz CT molecular complexity index is 356. The second-order valence-corrected chi connectivity index (χ2v) is 7.04. The summed E-state index contributed by atoms with van der Waals surface area (Å²) in [6.45, 7) is 14.5. The molecular formula is C18H30O. The van der Waals surface area contributed by atoms with E-state index in [1.54, 1.807) is 0 Å². The SMILES string of the molecule is CC(C)CCCOc1ccc(C(C)C(C)(C)C)cc1. The van der Waals surface area contributed by atoms with Crippen LogP contribution in [0.3, 0.4) is 0 Å². The van der Waals surface area contributed by atoms with Gasteiger partial charge in [0.2, 0.25) is 0 Å². The van der Waals surface area contributed by atoms with Gasteiger partial charge >= 0.3 is 0 Å². The topological polar surface area (TPSA) is 9.23 Å². The lowest BCUT2D eigenvalue weighted by atomic mass is 9.78. The van der Waals surface area contributed by atoms with Crippen molar-refractivity contribution in [2.45, 2.75) is 60.3 Å². The van der Waals surface area contributed by atoms with Crippen LogP contribution in [0.1, 0.15) is 65.9 Å². The van der Waals surface area contributed by atoms with E-state index >= 15 is 0 Å². The van der Waals surface area contributed by atoms with Crippen LogP contribution in [-0.2, 0) is 0 Å². The molecule has 1 nitrogen and oxygen atoms in total. The van der Waals surface area contributed by atoms with E-state index in [1.807, 2.05) is 0 Å². The Labute approximate surface area is 119 Å². The van der Waals surface area contributed by atoms with Crippen molar-refractivity contribution in [2.24, 2.45) is 11.3 Å². The zero-order valence-corrected chi connectivity index (χ0v) is 13.5. The summed E-state index contributed by atoms with van der Waals surface area (Å²) in [5, 5.41) is 0. The van der Waals surface area contributed by atoms with Gasteiger partial charge in [-0.1, -0.05) is 53.7 Å². The summed E-state index contributed by atoms with van der Waals surface area (Å²) in [6.07, 6.45) is 2.37. The molecule has 0 aliphatic rings. The van der Waals surface area contributed by atoms with E-state index in [0.717, 1.165) is 24.7 Å². The third kappa shape index (κ3) is 5.67. The molecule has 0 heterocycles. The third-order valence-electron chi connectivity index (χ3n) is 3.87. The highest BCUT2D eigenvalue weighted by Crippen LogP contribution is 2.34. The number of hydrogen-bond donors (Lipinski definition) is 0. The fraction of sp³-hybridized carbons (Fsp3) is 0.667. The maximum Gasteiger partial charge on any atom is 0.119 e. The van der Waals surface area contributed by atoms with E-state index in [1.165, 1.54) is 12.0 Å². The fourth-order valence-corrected chi connectivity index (χ4v) is 2.03. The minimum atomic E-state index is 0.305. The molecule has 0 amide bonds. The van der Waals surface area contributed by atoms with Crippen LogP contribution in [0.15, 0.2) is 24.3 Å². The lowest BCUT2D eigenvalue weighted by molar-refractivity contribution is 0.297. The van der Waals surface area contributed by atoms with Crippen LogP contribution < -0.4 is 4.74 Å². The lowest BCUT2D eigenvalue weighted by Crippen LogP contribution is -2.15. The molecule has 0 aliphatic heterocycles. The average molecular weight is 262 g/mol. The van der Waals surface area contributed by atoms with Crippen LogP contribution >= 0.6 is 0 Å². The van der Waals surface area contributed by atoms with Crippen molar-refractivity contribution < 1.29 is 4.74 Å². The lowest BCUT2D eigenvalue weighted by Gasteiger charge is -2.27. The molecule has 1 atom stereocenters. The molecule has 1 aromatic carbocycles. The van der Waals surface area contributed by atoms with Crippen molar-refractivity contribution >= 4 is 0 Å². The first-order valence-corrected chi connectivity index (χ1v) is 7.53. The van der Waals surface area contributed by atoms with Crippen LogP contribution in [-0.4, -0.2) is 6.61 Å². The van der Waals surface area contributed by atoms with Gasteiger partial charge in [-0.3, -0.25) is 0 Å². The molecule has 1 aromatic rings. The van der Waals surface area contributed by atoms with Crippen molar-refractivity contribution in [2.75, 3.05) is 6.61 Å². The van der Waals surface area contributed by atoms with E-state index < -0.39 is 0 Å². The minimum Gasteiger partial charge on any atom is -0.494 e. The molecule has 1 unspecified atom stereocenters. The van der Waals surface area contributed by atoms with Crippen LogP contribution in [0.5, 0.6) is 5.75 Å². The first-order chi connectivity index (χ1) is 8.80. The standard InChI is InChI=1S/C18H30O/c1-14(2)8-7-13-19-17-11-9-16(10-12-17)15(3)18(4,5)6/h9-12,14-15H,7-8,13H2,1-6H3. The highest BCUT2D eigenvalue weighted by molar-refractivity contribution is 5.30. The normalized spacial score (nSPS) is 13.6. The molecule has 0 spiro atoms. The predicted molar refractivity (Wildman–Crippen MR) is 83.9 cm³/mol. The maximum absolute atomic E-state index is 5.78. The van der Waals surface area contributed by atoms with Gasteiger partial charge in [0.1, 0.15) is 5.75 Å². The Balaban J connectivity index is 2.48. The molecule has 0 aliphatic carbocycles. The first kappa shape index (κ1) is 16.1. The van der Waals surface area contributed by atoms with Crippen molar-refractivity contribution in [3.63, 3.8) is 0 Å². The maximum atomic E-state index is 5.78. The van der Waals surface area contributed by atoms with Crippen molar-refractivity contribution in [1.82, 2.24) is 0 Å². The molecule has 0 radical (unpaired) electrons. The molecule has 0 aromatic heterocycles. The number of hydrogen-bond acceptors (Lipinski definition) is 1. The van der Waals surface area contributed by atoms with Gasteiger partial charge in [0.25, 0.3) is 0 Å². The zero-order valence-electron chi connectivity index (χ0n) is 13.5. The summed E-state index contributed by atoms with van der Waals surface area (Å²) in [5.41, 5.74) is 1.70. The quantitative estimate of drug-likeness (QED) is 0.602. The number of benzene rings is 1. The summed E-state index contributed by atoms with van der Waals surface area (Å²) in [4.78, 5) is 0. The Hall–Kier alpha value is -0.980. The van der Waals surface area contributed by atoms with Gasteiger partial charge < -0.3 is 4.74 Å². The van der Waals surface area contributed by atoms with Crippen molar-refractivity contribution in [3.8, 4) is 5.75 Å². The van der Waals surface area contributed by atoms with E-state index in [9.17, 15) is 0 Å². The Morgan fingerprint density at radius 1 is 1.00 bits per heavy atom. The van der Waals surface area contributed by atoms with E-state index in [4.69, 9.17) is 4.74 Å². The van der Waals surface area contributed by atoms with E-state index in [0.29, 0.717) is 11.3 Å². The molecule has 0 saturated carbocycles. The summed E-state index contributed by atoms with van der Waals surface area (Å²) >= 11 is 0. The molecular weight excluding hydrogens is 232 g/mol. The summed E-state index contributed by atoms with van der Waals surface area (Å²) in [7, 11) is 0. The van der Waals surface area contributed by atoms with Crippen LogP contribution in [0.4, 0.5) is 0 Å². The van der Waals surface area contributed by atoms with Gasteiger partial charge in [-0.2, -0.15) is 0 Å². The predicted octanol–water partition coefficient (Wildman–Crippen LogP) is 5.65. The van der Waals surface area contributed by atoms with E-state index in [-0.39, 0.29) is 0 Å². The van der Waals surface area contributed by atoms with Crippen LogP contribution in [0, 0.1) is 11.3 Å². The molecule has 1 rings (SSSR count). The van der Waals surface area contributed by atoms with Gasteiger partial charge in [-0.05, 0) is 47.8 Å². The zero-order chi connectivity index (χ0) is 14.5. The Morgan fingerprint density at radius 2 is 1.58 bits per heavy atom. The largest absolute Gasteiger partial charge is 0.494 e. The molecule has 0 fully saturated rings. The number of ether oxygens (including phenoxy) is 1. The Morgan fingerprint density at radius 3 is 2.05 bits per heavy atom. The van der Waals surface area contributed by atoms with Crippen molar-refractivity contribution in [1.29, 1.82) is 0 Å². The molecule has 19 heavy (non-hydrogen) atoms. The second kappa shape index (κ2) is 6.98. The average Bonchev–Trinajstić information content (AvgIpc) is 2.33. The summed E-state index contributed by atoms with van der Waals surface area (Å²) < 4.78 is 5.78. The number of rotatable bonds is 6. The monoisotopic (exact) mass is 262 g/mol. The molecule has 0 saturated heterocycles. The van der Waals surface area contributed by atoms with Gasteiger partial charge in [0, 0.05) is 0 Å². The first-order valence-electron chi connectivity index (χ1n) is 7.53. The van der Waals surface area contributed by atoms with Crippen LogP contribution in [0.2, 0.25) is 0 Å². The van der Waals surface area contributed by atoms with Crippen molar-refractivity contribution in [3.05, 3.63) is 29.8 Å². The smallest absolute Gasteiger partial charge is 0.119 e. The van der Waals surface area contributed by atoms with Gasteiger partial charge in [-0.25, -0.2) is 0 Å². The van der Waals surface area contributed by atoms with Crippen LogP contribution in [0.25, 0.3) is 0 Å². The minimum absolute atomic E-state index is 0.305. The van der Waals surface area contributed by atoms with Gasteiger partial charge in [0.05, 0.1) is 6.61 Å². The highest BCUT2D eigenvalue weighted by atomic mass is 16.5. The molecule has 108 valence electrons.